The highest BCUT2D eigenvalue weighted by Gasteiger charge is 2.06. The number of aromatic nitrogens is 1. The van der Waals surface area contributed by atoms with Gasteiger partial charge in [-0.3, -0.25) is 15.2 Å². The fourth-order valence-electron chi connectivity index (χ4n) is 1.62. The number of hydrogen-bond donors (Lipinski definition) is 2. The number of rotatable bonds is 5. The Kier molecular flexibility index (Phi) is 5.56. The molecule has 0 atom stereocenters. The lowest BCUT2D eigenvalue weighted by Gasteiger charge is -2.04. The molecule has 22 heavy (non-hydrogen) atoms. The van der Waals surface area contributed by atoms with Gasteiger partial charge in [-0.2, -0.15) is 5.10 Å². The summed E-state index contributed by atoms with van der Waals surface area (Å²) in [6, 6.07) is 12.7. The van der Waals surface area contributed by atoms with Crippen LogP contribution < -0.4 is 15.9 Å². The normalized spacial score (nSPS) is 10.4. The lowest BCUT2D eigenvalue weighted by atomic mass is 10.2. The number of esters is 1. The van der Waals surface area contributed by atoms with Gasteiger partial charge in [-0.25, -0.2) is 0 Å². The number of hydrogen-bond acceptors (Lipinski definition) is 5. The van der Waals surface area contributed by atoms with Crippen LogP contribution in [0.5, 0.6) is 5.75 Å². The number of hydrazone groups is 1. The molecule has 0 aliphatic carbocycles. The van der Waals surface area contributed by atoms with Gasteiger partial charge < -0.3 is 10.5 Å². The van der Waals surface area contributed by atoms with E-state index in [1.165, 1.54) is 12.4 Å². The Bertz CT molecular complexity index is 672. The molecule has 0 aliphatic heterocycles. The van der Waals surface area contributed by atoms with E-state index >= 15 is 0 Å². The van der Waals surface area contributed by atoms with Gasteiger partial charge in [0, 0.05) is 0 Å². The van der Waals surface area contributed by atoms with Crippen LogP contribution in [0.1, 0.15) is 11.3 Å². The van der Waals surface area contributed by atoms with Gasteiger partial charge >= 0.3 is 5.97 Å². The fraction of sp³-hybridized carbons (Fsp3) is 0.0667. The van der Waals surface area contributed by atoms with Crippen LogP contribution in [0.3, 0.4) is 0 Å². The Morgan fingerprint density at radius 2 is 2.09 bits per heavy atom. The minimum Gasteiger partial charge on any atom is -0.425 e. The fourth-order valence-corrected chi connectivity index (χ4v) is 1.67. The van der Waals surface area contributed by atoms with Gasteiger partial charge in [0.15, 0.2) is 5.11 Å². The van der Waals surface area contributed by atoms with Crippen molar-refractivity contribution in [1.82, 2.24) is 10.4 Å². The molecular weight excluding hydrogens is 300 g/mol. The van der Waals surface area contributed by atoms with E-state index in [0.29, 0.717) is 11.4 Å². The van der Waals surface area contributed by atoms with Crippen molar-refractivity contribution in [3.63, 3.8) is 0 Å². The first-order valence-electron chi connectivity index (χ1n) is 6.42. The lowest BCUT2D eigenvalue weighted by Crippen LogP contribution is -2.24. The summed E-state index contributed by atoms with van der Waals surface area (Å²) >= 11 is 4.61. The SMILES string of the molecule is NC(=S)NN=Cc1ccc(OC(=O)Cc2ccccc2)cn1. The molecular formula is C15H14N4O2S. The summed E-state index contributed by atoms with van der Waals surface area (Å²) < 4.78 is 5.21. The van der Waals surface area contributed by atoms with E-state index in [-0.39, 0.29) is 17.5 Å². The van der Waals surface area contributed by atoms with Crippen molar-refractivity contribution in [2.24, 2.45) is 10.8 Å². The van der Waals surface area contributed by atoms with Gasteiger partial charge in [-0.05, 0) is 29.9 Å². The number of nitrogens with two attached hydrogens (primary N) is 1. The van der Waals surface area contributed by atoms with Crippen LogP contribution in [-0.2, 0) is 11.2 Å². The third-order valence-corrected chi connectivity index (χ3v) is 2.65. The molecule has 0 bridgehead atoms. The van der Waals surface area contributed by atoms with Gasteiger partial charge in [-0.1, -0.05) is 30.3 Å². The van der Waals surface area contributed by atoms with Crippen LogP contribution in [0, 0.1) is 0 Å². The summed E-state index contributed by atoms with van der Waals surface area (Å²) in [5.41, 5.74) is 9.12. The zero-order valence-electron chi connectivity index (χ0n) is 11.6. The third kappa shape index (κ3) is 5.29. The Morgan fingerprint density at radius 1 is 1.32 bits per heavy atom. The monoisotopic (exact) mass is 314 g/mol. The molecule has 2 rings (SSSR count). The molecule has 112 valence electrons. The Morgan fingerprint density at radius 3 is 2.73 bits per heavy atom. The average Bonchev–Trinajstić information content (AvgIpc) is 2.49. The predicted octanol–water partition coefficient (Wildman–Crippen LogP) is 1.40. The van der Waals surface area contributed by atoms with Gasteiger partial charge in [0.25, 0.3) is 0 Å². The second-order valence-electron chi connectivity index (χ2n) is 4.29. The molecule has 0 saturated heterocycles. The van der Waals surface area contributed by atoms with Crippen LogP contribution in [0.2, 0.25) is 0 Å². The molecule has 3 N–H and O–H groups in total. The van der Waals surface area contributed by atoms with Crippen LogP contribution in [0.25, 0.3) is 0 Å². The summed E-state index contributed by atoms with van der Waals surface area (Å²) in [5, 5.41) is 3.85. The minimum atomic E-state index is -0.343. The smallest absolute Gasteiger partial charge is 0.315 e. The van der Waals surface area contributed by atoms with E-state index in [0.717, 1.165) is 5.56 Å². The first-order valence-corrected chi connectivity index (χ1v) is 6.83. The Balaban J connectivity index is 1.89. The molecule has 0 aliphatic rings. The first kappa shape index (κ1) is 15.6. The summed E-state index contributed by atoms with van der Waals surface area (Å²) in [7, 11) is 0. The van der Waals surface area contributed by atoms with E-state index in [1.54, 1.807) is 12.1 Å². The van der Waals surface area contributed by atoms with Crippen LogP contribution in [0.15, 0.2) is 53.8 Å². The number of benzene rings is 1. The van der Waals surface area contributed by atoms with E-state index < -0.39 is 0 Å². The zero-order valence-corrected chi connectivity index (χ0v) is 12.4. The maximum atomic E-state index is 11.8. The van der Waals surface area contributed by atoms with E-state index in [1.807, 2.05) is 30.3 Å². The molecule has 1 aromatic carbocycles. The van der Waals surface area contributed by atoms with Crippen LogP contribution in [0.4, 0.5) is 0 Å². The summed E-state index contributed by atoms with van der Waals surface area (Å²) in [5.74, 6) is 0.0324. The number of carbonyl (C=O) groups is 1. The van der Waals surface area contributed by atoms with Crippen LogP contribution in [-0.4, -0.2) is 22.3 Å². The van der Waals surface area contributed by atoms with Gasteiger partial charge in [-0.15, -0.1) is 0 Å². The van der Waals surface area contributed by atoms with Gasteiger partial charge in [0.05, 0.1) is 24.5 Å². The molecule has 6 nitrogen and oxygen atoms in total. The van der Waals surface area contributed by atoms with Crippen molar-refractivity contribution in [3.8, 4) is 5.75 Å². The summed E-state index contributed by atoms with van der Waals surface area (Å²) in [4.78, 5) is 15.9. The van der Waals surface area contributed by atoms with E-state index in [4.69, 9.17) is 10.5 Å². The van der Waals surface area contributed by atoms with Crippen molar-refractivity contribution in [2.75, 3.05) is 0 Å². The Hall–Kier alpha value is -2.80. The highest BCUT2D eigenvalue weighted by molar-refractivity contribution is 7.80. The molecule has 7 heteroatoms. The van der Waals surface area contributed by atoms with Gasteiger partial charge in [0.1, 0.15) is 5.75 Å². The quantitative estimate of drug-likeness (QED) is 0.375. The summed E-state index contributed by atoms with van der Waals surface area (Å²) in [6.45, 7) is 0. The Labute approximate surface area is 133 Å². The molecule has 0 spiro atoms. The molecule has 0 fully saturated rings. The van der Waals surface area contributed by atoms with E-state index in [2.05, 4.69) is 27.7 Å². The van der Waals surface area contributed by atoms with E-state index in [9.17, 15) is 4.79 Å². The van der Waals surface area contributed by atoms with Crippen LogP contribution >= 0.6 is 12.2 Å². The van der Waals surface area contributed by atoms with Crippen molar-refractivity contribution in [1.29, 1.82) is 0 Å². The molecule has 0 radical (unpaired) electrons. The lowest BCUT2D eigenvalue weighted by molar-refractivity contribution is -0.133. The number of nitrogens with zero attached hydrogens (tertiary/aromatic N) is 2. The van der Waals surface area contributed by atoms with Crippen molar-refractivity contribution in [2.45, 2.75) is 6.42 Å². The molecule has 0 saturated carbocycles. The van der Waals surface area contributed by atoms with Crippen molar-refractivity contribution < 1.29 is 9.53 Å². The predicted molar refractivity (Wildman–Crippen MR) is 87.5 cm³/mol. The number of nitrogens with one attached hydrogen (secondary N) is 1. The number of ether oxygens (including phenoxy) is 1. The van der Waals surface area contributed by atoms with Crippen molar-refractivity contribution in [3.05, 3.63) is 59.9 Å². The molecule has 0 unspecified atom stereocenters. The zero-order chi connectivity index (χ0) is 15.8. The highest BCUT2D eigenvalue weighted by atomic mass is 32.1. The number of pyridine rings is 1. The maximum Gasteiger partial charge on any atom is 0.315 e. The largest absolute Gasteiger partial charge is 0.425 e. The number of thiocarbonyl (C=S) groups is 1. The molecule has 0 amide bonds. The first-order chi connectivity index (χ1) is 10.6. The second-order valence-corrected chi connectivity index (χ2v) is 4.73. The molecule has 2 aromatic rings. The third-order valence-electron chi connectivity index (χ3n) is 2.55. The molecule has 1 aromatic heterocycles. The topological polar surface area (TPSA) is 89.6 Å². The maximum absolute atomic E-state index is 11.8. The average molecular weight is 314 g/mol. The summed E-state index contributed by atoms with van der Waals surface area (Å²) in [6.07, 6.45) is 3.11. The minimum absolute atomic E-state index is 0.0720. The van der Waals surface area contributed by atoms with Crippen molar-refractivity contribution >= 4 is 29.5 Å². The highest BCUT2D eigenvalue weighted by Crippen LogP contribution is 2.10. The second kappa shape index (κ2) is 7.84. The molecule has 1 heterocycles. The number of carbonyl (C=O) groups excluding carboxylic acids is 1. The standard InChI is InChI=1S/C15H14N4O2S/c16-15(22)19-18-9-12-6-7-13(10-17-12)21-14(20)8-11-4-2-1-3-5-11/h1-7,9-10H,8H2,(H3,16,19,22). The van der Waals surface area contributed by atoms with Gasteiger partial charge in [0.2, 0.25) is 0 Å².